The minimum Gasteiger partial charge on any atom is -0.339 e. The van der Waals surface area contributed by atoms with Crippen molar-refractivity contribution in [2.24, 2.45) is 0 Å². The van der Waals surface area contributed by atoms with Crippen LogP contribution in [0.2, 0.25) is 0 Å². The van der Waals surface area contributed by atoms with E-state index in [9.17, 15) is 0 Å². The van der Waals surface area contributed by atoms with Crippen molar-refractivity contribution in [1.82, 2.24) is 20.4 Å². The van der Waals surface area contributed by atoms with Crippen LogP contribution < -0.4 is 5.32 Å². The van der Waals surface area contributed by atoms with Crippen molar-refractivity contribution in [1.29, 1.82) is 0 Å². The molecule has 0 saturated carbocycles. The molecule has 5 nitrogen and oxygen atoms in total. The van der Waals surface area contributed by atoms with Gasteiger partial charge in [-0.3, -0.25) is 4.90 Å². The Morgan fingerprint density at radius 3 is 3.11 bits per heavy atom. The van der Waals surface area contributed by atoms with Crippen molar-refractivity contribution < 1.29 is 4.52 Å². The van der Waals surface area contributed by atoms with Gasteiger partial charge in [-0.25, -0.2) is 0 Å². The lowest BCUT2D eigenvalue weighted by Crippen LogP contribution is -2.45. The number of aromatic nitrogens is 2. The molecule has 2 saturated heterocycles. The highest BCUT2D eigenvalue weighted by atomic mass is 16.5. The van der Waals surface area contributed by atoms with Crippen LogP contribution in [0.1, 0.15) is 37.4 Å². The van der Waals surface area contributed by atoms with Gasteiger partial charge in [-0.2, -0.15) is 4.98 Å². The molecule has 0 bridgehead atoms. The summed E-state index contributed by atoms with van der Waals surface area (Å²) < 4.78 is 5.12. The summed E-state index contributed by atoms with van der Waals surface area (Å²) in [6.45, 7) is 5.36. The number of aryl methyl sites for hydroxylation is 1. The zero-order chi connectivity index (χ0) is 12.4. The second-order valence-corrected chi connectivity index (χ2v) is 5.43. The molecule has 2 atom stereocenters. The molecule has 0 aromatic carbocycles. The zero-order valence-corrected chi connectivity index (χ0v) is 11.1. The molecule has 3 rings (SSSR count). The fourth-order valence-corrected chi connectivity index (χ4v) is 3.29. The topological polar surface area (TPSA) is 54.2 Å². The molecular formula is C13H22N4O. The molecular weight excluding hydrogens is 228 g/mol. The molecule has 100 valence electrons. The first-order valence-corrected chi connectivity index (χ1v) is 7.09. The molecule has 2 aliphatic heterocycles. The zero-order valence-electron chi connectivity index (χ0n) is 11.1. The second kappa shape index (κ2) is 5.36. The predicted molar refractivity (Wildman–Crippen MR) is 68.4 cm³/mol. The van der Waals surface area contributed by atoms with Crippen LogP contribution in [0.15, 0.2) is 4.52 Å². The lowest BCUT2D eigenvalue weighted by molar-refractivity contribution is 0.180. The predicted octanol–water partition coefficient (Wildman–Crippen LogP) is 1.14. The van der Waals surface area contributed by atoms with Gasteiger partial charge in [0.15, 0.2) is 5.82 Å². The summed E-state index contributed by atoms with van der Waals surface area (Å²) in [5, 5.41) is 7.48. The van der Waals surface area contributed by atoms with Gasteiger partial charge in [0.05, 0.1) is 0 Å². The van der Waals surface area contributed by atoms with E-state index in [0.717, 1.165) is 30.7 Å². The van der Waals surface area contributed by atoms with Crippen LogP contribution >= 0.6 is 0 Å². The Labute approximate surface area is 108 Å². The smallest absolute Gasteiger partial charge is 0.227 e. The van der Waals surface area contributed by atoms with Crippen LogP contribution in [0, 0.1) is 6.92 Å². The largest absolute Gasteiger partial charge is 0.339 e. The Morgan fingerprint density at radius 2 is 2.28 bits per heavy atom. The first-order valence-electron chi connectivity index (χ1n) is 7.09. The van der Waals surface area contributed by atoms with Crippen LogP contribution in [0.5, 0.6) is 0 Å². The maximum atomic E-state index is 5.12. The Kier molecular flexibility index (Phi) is 3.61. The third-order valence-corrected chi connectivity index (χ3v) is 4.17. The van der Waals surface area contributed by atoms with E-state index in [0.29, 0.717) is 6.04 Å². The van der Waals surface area contributed by atoms with Gasteiger partial charge in [0.1, 0.15) is 0 Å². The average molecular weight is 250 g/mol. The van der Waals surface area contributed by atoms with Crippen molar-refractivity contribution in [3.63, 3.8) is 0 Å². The number of fused-ring (bicyclic) bond motifs is 1. The molecule has 2 unspecified atom stereocenters. The summed E-state index contributed by atoms with van der Waals surface area (Å²) in [5.41, 5.74) is 0. The van der Waals surface area contributed by atoms with E-state index in [1.165, 1.54) is 38.8 Å². The Bertz CT molecular complexity index is 392. The monoisotopic (exact) mass is 250 g/mol. The number of piperidine rings is 1. The second-order valence-electron chi connectivity index (χ2n) is 5.43. The van der Waals surface area contributed by atoms with E-state index in [1.807, 2.05) is 6.92 Å². The van der Waals surface area contributed by atoms with E-state index in [2.05, 4.69) is 20.4 Å². The number of rotatable bonds is 4. The molecule has 1 aromatic rings. The van der Waals surface area contributed by atoms with Gasteiger partial charge in [-0.05, 0) is 32.7 Å². The summed E-state index contributed by atoms with van der Waals surface area (Å²) >= 11 is 0. The quantitative estimate of drug-likeness (QED) is 0.868. The minimum atomic E-state index is 0.661. The maximum Gasteiger partial charge on any atom is 0.227 e. The molecule has 18 heavy (non-hydrogen) atoms. The summed E-state index contributed by atoms with van der Waals surface area (Å²) in [4.78, 5) is 6.88. The van der Waals surface area contributed by atoms with Crippen molar-refractivity contribution in [2.45, 2.75) is 51.1 Å². The van der Waals surface area contributed by atoms with Crippen LogP contribution in [-0.4, -0.2) is 46.8 Å². The molecule has 0 spiro atoms. The molecule has 3 heterocycles. The number of nitrogens with zero attached hydrogens (tertiary/aromatic N) is 3. The number of nitrogens with one attached hydrogen (secondary N) is 1. The third-order valence-electron chi connectivity index (χ3n) is 4.17. The highest BCUT2D eigenvalue weighted by Gasteiger charge is 2.34. The van der Waals surface area contributed by atoms with Gasteiger partial charge in [-0.1, -0.05) is 11.6 Å². The lowest BCUT2D eigenvalue weighted by Gasteiger charge is -2.32. The van der Waals surface area contributed by atoms with Crippen LogP contribution in [-0.2, 0) is 6.42 Å². The van der Waals surface area contributed by atoms with Gasteiger partial charge >= 0.3 is 0 Å². The molecule has 0 amide bonds. The van der Waals surface area contributed by atoms with E-state index in [1.54, 1.807) is 0 Å². The van der Waals surface area contributed by atoms with Crippen LogP contribution in [0.4, 0.5) is 0 Å². The molecule has 5 heteroatoms. The Hall–Kier alpha value is -0.940. The van der Waals surface area contributed by atoms with Crippen molar-refractivity contribution in [3.8, 4) is 0 Å². The minimum absolute atomic E-state index is 0.661. The fourth-order valence-electron chi connectivity index (χ4n) is 3.29. The Balaban J connectivity index is 1.46. The maximum absolute atomic E-state index is 5.12. The summed E-state index contributed by atoms with van der Waals surface area (Å²) in [5.74, 6) is 1.47. The van der Waals surface area contributed by atoms with Gasteiger partial charge in [0, 0.05) is 31.6 Å². The van der Waals surface area contributed by atoms with Gasteiger partial charge in [0.25, 0.3) is 0 Å². The van der Waals surface area contributed by atoms with Crippen LogP contribution in [0.3, 0.4) is 0 Å². The highest BCUT2D eigenvalue weighted by Crippen LogP contribution is 2.26. The SMILES string of the molecule is Cc1noc(CCNC2CCN3CCCCC23)n1. The molecule has 1 aromatic heterocycles. The summed E-state index contributed by atoms with van der Waals surface area (Å²) in [6.07, 6.45) is 6.25. The molecule has 0 radical (unpaired) electrons. The van der Waals surface area contributed by atoms with Crippen molar-refractivity contribution >= 4 is 0 Å². The average Bonchev–Trinajstić information content (AvgIpc) is 2.97. The molecule has 2 aliphatic rings. The summed E-state index contributed by atoms with van der Waals surface area (Å²) in [6, 6.07) is 1.43. The van der Waals surface area contributed by atoms with Crippen LogP contribution in [0.25, 0.3) is 0 Å². The molecule has 0 aliphatic carbocycles. The molecule has 1 N–H and O–H groups in total. The van der Waals surface area contributed by atoms with E-state index in [-0.39, 0.29) is 0 Å². The first-order chi connectivity index (χ1) is 8.83. The van der Waals surface area contributed by atoms with Gasteiger partial charge < -0.3 is 9.84 Å². The van der Waals surface area contributed by atoms with E-state index in [4.69, 9.17) is 4.52 Å². The lowest BCUT2D eigenvalue weighted by atomic mass is 9.99. The van der Waals surface area contributed by atoms with Crippen molar-refractivity contribution in [2.75, 3.05) is 19.6 Å². The fraction of sp³-hybridized carbons (Fsp3) is 0.846. The first kappa shape index (κ1) is 12.1. The molecule has 2 fully saturated rings. The Morgan fingerprint density at radius 1 is 1.33 bits per heavy atom. The highest BCUT2D eigenvalue weighted by molar-refractivity contribution is 4.94. The van der Waals surface area contributed by atoms with E-state index >= 15 is 0 Å². The third kappa shape index (κ3) is 2.57. The number of hydrogen-bond acceptors (Lipinski definition) is 5. The van der Waals surface area contributed by atoms with Gasteiger partial charge in [0.2, 0.25) is 5.89 Å². The van der Waals surface area contributed by atoms with Gasteiger partial charge in [-0.15, -0.1) is 0 Å². The number of hydrogen-bond donors (Lipinski definition) is 1. The normalized spacial score (nSPS) is 28.5. The van der Waals surface area contributed by atoms with E-state index < -0.39 is 0 Å². The standard InChI is InChI=1S/C13H22N4O/c1-10-15-13(18-16-10)5-7-14-11-6-9-17-8-3-2-4-12(11)17/h11-12,14H,2-9H2,1H3. The summed E-state index contributed by atoms with van der Waals surface area (Å²) in [7, 11) is 0. The van der Waals surface area contributed by atoms with Crippen molar-refractivity contribution in [3.05, 3.63) is 11.7 Å².